The van der Waals surface area contributed by atoms with E-state index in [0.29, 0.717) is 30.9 Å². The zero-order valence-corrected chi connectivity index (χ0v) is 26.7. The number of esters is 1. The lowest BCUT2D eigenvalue weighted by atomic mass is 9.96. The highest BCUT2D eigenvalue weighted by atomic mass is 16.6. The van der Waals surface area contributed by atoms with Crippen molar-refractivity contribution in [2.24, 2.45) is 0 Å². The molecular weight excluding hydrogens is 580 g/mol. The van der Waals surface area contributed by atoms with Gasteiger partial charge in [-0.05, 0) is 79.6 Å². The van der Waals surface area contributed by atoms with E-state index in [1.807, 2.05) is 104 Å². The number of hydrogen-bond acceptors (Lipinski definition) is 6. The molecule has 0 radical (unpaired) electrons. The van der Waals surface area contributed by atoms with E-state index in [9.17, 15) is 14.4 Å². The average Bonchev–Trinajstić information content (AvgIpc) is 3.04. The van der Waals surface area contributed by atoms with Gasteiger partial charge in [-0.1, -0.05) is 90.5 Å². The fourth-order valence-corrected chi connectivity index (χ4v) is 5.24. The van der Waals surface area contributed by atoms with Crippen molar-refractivity contribution in [2.45, 2.75) is 58.8 Å². The van der Waals surface area contributed by atoms with Gasteiger partial charge >= 0.3 is 18.2 Å². The van der Waals surface area contributed by atoms with Crippen LogP contribution >= 0.6 is 0 Å². The molecule has 8 nitrogen and oxygen atoms in total. The molecule has 1 aliphatic rings. The number of carbonyl (C=O) groups is 3. The zero-order valence-electron chi connectivity index (χ0n) is 26.7. The van der Waals surface area contributed by atoms with Gasteiger partial charge in [0.2, 0.25) is 0 Å². The highest BCUT2D eigenvalue weighted by Gasteiger charge is 2.29. The number of carbonyl (C=O) groups excluding carboxylic acids is 3. The van der Waals surface area contributed by atoms with Crippen LogP contribution in [-0.2, 0) is 33.8 Å². The lowest BCUT2D eigenvalue weighted by molar-refractivity contribution is -0.156. The Morgan fingerprint density at radius 1 is 0.848 bits per heavy atom. The molecule has 1 N–H and O–H groups in total. The van der Waals surface area contributed by atoms with E-state index in [4.69, 9.17) is 14.2 Å². The number of amides is 2. The van der Waals surface area contributed by atoms with Gasteiger partial charge in [0.15, 0.2) is 0 Å². The van der Waals surface area contributed by atoms with E-state index in [1.54, 1.807) is 20.8 Å². The summed E-state index contributed by atoms with van der Waals surface area (Å²) < 4.78 is 16.8. The van der Waals surface area contributed by atoms with E-state index in [2.05, 4.69) is 5.32 Å². The summed E-state index contributed by atoms with van der Waals surface area (Å²) in [5.74, 6) is -0.580. The Morgan fingerprint density at radius 2 is 1.54 bits per heavy atom. The van der Waals surface area contributed by atoms with Crippen molar-refractivity contribution in [3.63, 3.8) is 0 Å². The second-order valence-electron chi connectivity index (χ2n) is 12.5. The van der Waals surface area contributed by atoms with Crippen molar-refractivity contribution >= 4 is 18.2 Å². The Hall–Kier alpha value is -5.11. The van der Waals surface area contributed by atoms with Gasteiger partial charge in [0.25, 0.3) is 0 Å². The third-order valence-electron chi connectivity index (χ3n) is 7.72. The minimum absolute atomic E-state index is 0.101. The first-order chi connectivity index (χ1) is 22.0. The molecule has 1 aliphatic heterocycles. The lowest BCUT2D eigenvalue weighted by Gasteiger charge is -2.28. The molecule has 1 heterocycles. The van der Waals surface area contributed by atoms with Crippen molar-refractivity contribution < 1.29 is 28.6 Å². The Morgan fingerprint density at radius 3 is 2.24 bits per heavy atom. The van der Waals surface area contributed by atoms with Gasteiger partial charge in [-0.25, -0.2) is 9.59 Å². The standard InChI is InChI=1S/C38H40N2O6/c1-26-10-12-27(13-11-26)25-44-33-19-18-30-20-21-40(24-32(30)22-33)37(43)45-36(42)39-23-34(35(41)46-38(2,3)4)31-16-14-29(15-17-31)28-8-6-5-7-9-28/h5-19,22,34H,20-21,23-25H2,1-4H3,(H,39,42). The normalized spacial score (nSPS) is 13.3. The maximum atomic E-state index is 13.2. The summed E-state index contributed by atoms with van der Waals surface area (Å²) in [5, 5.41) is 2.60. The zero-order chi connectivity index (χ0) is 32.7. The van der Waals surface area contributed by atoms with Crippen LogP contribution in [0.1, 0.15) is 54.5 Å². The third-order valence-corrected chi connectivity index (χ3v) is 7.72. The van der Waals surface area contributed by atoms with Gasteiger partial charge in [0.05, 0.1) is 5.92 Å². The monoisotopic (exact) mass is 620 g/mol. The molecule has 4 aromatic carbocycles. The van der Waals surface area contributed by atoms with Crippen molar-refractivity contribution in [1.82, 2.24) is 10.2 Å². The summed E-state index contributed by atoms with van der Waals surface area (Å²) in [5.41, 5.74) is 6.32. The number of fused-ring (bicyclic) bond motifs is 1. The number of nitrogens with one attached hydrogen (secondary N) is 1. The van der Waals surface area contributed by atoms with Gasteiger partial charge in [-0.3, -0.25) is 4.79 Å². The van der Waals surface area contributed by atoms with Crippen molar-refractivity contribution in [3.8, 4) is 16.9 Å². The number of rotatable bonds is 8. The molecule has 0 aliphatic carbocycles. The molecule has 0 aromatic heterocycles. The van der Waals surface area contributed by atoms with Crippen LogP contribution in [-0.4, -0.2) is 41.7 Å². The van der Waals surface area contributed by atoms with E-state index < -0.39 is 29.7 Å². The fourth-order valence-electron chi connectivity index (χ4n) is 5.24. The highest BCUT2D eigenvalue weighted by Crippen LogP contribution is 2.27. The van der Waals surface area contributed by atoms with E-state index in [-0.39, 0.29) is 13.1 Å². The number of aryl methyl sites for hydroxylation is 1. The Kier molecular flexibility index (Phi) is 10.1. The molecule has 0 fully saturated rings. The molecule has 1 atom stereocenters. The topological polar surface area (TPSA) is 94.2 Å². The number of alkyl carbamates (subject to hydrolysis) is 1. The Labute approximate surface area is 270 Å². The van der Waals surface area contributed by atoms with Crippen molar-refractivity contribution in [2.75, 3.05) is 13.1 Å². The number of benzene rings is 4. The maximum absolute atomic E-state index is 13.2. The second-order valence-corrected chi connectivity index (χ2v) is 12.5. The van der Waals surface area contributed by atoms with Gasteiger partial charge in [0, 0.05) is 19.6 Å². The SMILES string of the molecule is Cc1ccc(COc2ccc3c(c2)CN(C(=O)OC(=O)NCC(C(=O)OC(C)(C)C)c2ccc(-c4ccccc4)cc2)CC3)cc1. The van der Waals surface area contributed by atoms with Crippen LogP contribution in [0.3, 0.4) is 0 Å². The Balaban J connectivity index is 1.18. The van der Waals surface area contributed by atoms with Gasteiger partial charge in [-0.15, -0.1) is 0 Å². The molecule has 46 heavy (non-hydrogen) atoms. The smallest absolute Gasteiger partial charge is 0.419 e. The van der Waals surface area contributed by atoms with Crippen LogP contribution in [0.4, 0.5) is 9.59 Å². The van der Waals surface area contributed by atoms with Gasteiger partial charge in [-0.2, -0.15) is 0 Å². The average molecular weight is 621 g/mol. The van der Waals surface area contributed by atoms with E-state index >= 15 is 0 Å². The summed E-state index contributed by atoms with van der Waals surface area (Å²) in [7, 11) is 0. The predicted molar refractivity (Wildman–Crippen MR) is 176 cm³/mol. The van der Waals surface area contributed by atoms with Gasteiger partial charge in [0.1, 0.15) is 18.0 Å². The molecule has 0 bridgehead atoms. The molecule has 0 saturated carbocycles. The number of nitrogens with zero attached hydrogens (tertiary/aromatic N) is 1. The lowest BCUT2D eigenvalue weighted by Crippen LogP contribution is -2.41. The summed E-state index contributed by atoms with van der Waals surface area (Å²) in [6, 6.07) is 31.5. The summed E-state index contributed by atoms with van der Waals surface area (Å²) in [6.45, 7) is 8.45. The minimum atomic E-state index is -0.930. The Bertz CT molecular complexity index is 1660. The van der Waals surface area contributed by atoms with Crippen LogP contribution in [0.25, 0.3) is 11.1 Å². The molecule has 238 valence electrons. The predicted octanol–water partition coefficient (Wildman–Crippen LogP) is 7.57. The van der Waals surface area contributed by atoms with Crippen LogP contribution in [0, 0.1) is 6.92 Å². The van der Waals surface area contributed by atoms with Crippen LogP contribution in [0.2, 0.25) is 0 Å². The quantitative estimate of drug-likeness (QED) is 0.161. The maximum Gasteiger partial charge on any atom is 0.419 e. The van der Waals surface area contributed by atoms with Gasteiger partial charge < -0.3 is 24.4 Å². The molecule has 5 rings (SSSR count). The highest BCUT2D eigenvalue weighted by molar-refractivity contribution is 5.85. The molecule has 4 aromatic rings. The first-order valence-electron chi connectivity index (χ1n) is 15.5. The molecule has 8 heteroatoms. The van der Waals surface area contributed by atoms with Crippen LogP contribution in [0.15, 0.2) is 97.1 Å². The van der Waals surface area contributed by atoms with Crippen LogP contribution < -0.4 is 10.1 Å². The molecule has 0 saturated heterocycles. The largest absolute Gasteiger partial charge is 0.489 e. The van der Waals surface area contributed by atoms with Crippen LogP contribution in [0.5, 0.6) is 5.75 Å². The van der Waals surface area contributed by atoms with E-state index in [0.717, 1.165) is 27.8 Å². The molecule has 2 amide bonds. The minimum Gasteiger partial charge on any atom is -0.489 e. The number of hydrogen-bond donors (Lipinski definition) is 1. The first-order valence-corrected chi connectivity index (χ1v) is 15.5. The van der Waals surface area contributed by atoms with Crippen molar-refractivity contribution in [3.05, 3.63) is 125 Å². The summed E-state index contributed by atoms with van der Waals surface area (Å²) in [4.78, 5) is 40.4. The third kappa shape index (κ3) is 8.75. The van der Waals surface area contributed by atoms with E-state index in [1.165, 1.54) is 10.5 Å². The molecular formula is C38H40N2O6. The first kappa shape index (κ1) is 32.3. The second kappa shape index (κ2) is 14.3. The van der Waals surface area contributed by atoms with Crippen molar-refractivity contribution in [1.29, 1.82) is 0 Å². The fraction of sp³-hybridized carbons (Fsp3) is 0.289. The molecule has 0 spiro atoms. The molecule has 1 unspecified atom stereocenters. The number of ether oxygens (including phenoxy) is 3. The summed E-state index contributed by atoms with van der Waals surface area (Å²) >= 11 is 0. The summed E-state index contributed by atoms with van der Waals surface area (Å²) in [6.07, 6.45) is -1.06.